The molecule has 0 saturated carbocycles. The molecule has 0 spiro atoms. The van der Waals surface area contributed by atoms with Crippen LogP contribution in [0.1, 0.15) is 0 Å². The minimum Gasteiger partial charge on any atom is -0.310 e. The highest BCUT2D eigenvalue weighted by molar-refractivity contribution is 8.00. The van der Waals surface area contributed by atoms with Gasteiger partial charge >= 0.3 is 5.69 Å². The Morgan fingerprint density at radius 1 is 1.36 bits per heavy atom. The van der Waals surface area contributed by atoms with Crippen LogP contribution >= 0.6 is 11.8 Å². The van der Waals surface area contributed by atoms with Gasteiger partial charge in [-0.3, -0.25) is 19.1 Å². The molecule has 1 aromatic heterocycles. The van der Waals surface area contributed by atoms with E-state index >= 15 is 0 Å². The number of fused-ring (bicyclic) bond motifs is 1. The van der Waals surface area contributed by atoms with Gasteiger partial charge in [0, 0.05) is 7.05 Å². The number of H-pyrrole nitrogens is 1. The van der Waals surface area contributed by atoms with Crippen LogP contribution in [-0.4, -0.2) is 21.2 Å². The summed E-state index contributed by atoms with van der Waals surface area (Å²) >= 11 is 1.13. The van der Waals surface area contributed by atoms with E-state index in [2.05, 4.69) is 10.3 Å². The van der Waals surface area contributed by atoms with Crippen LogP contribution in [0.5, 0.6) is 0 Å². The first kappa shape index (κ1) is 9.07. The van der Waals surface area contributed by atoms with Crippen molar-refractivity contribution in [2.24, 2.45) is 7.05 Å². The Bertz CT molecular complexity index is 516. The van der Waals surface area contributed by atoms with Gasteiger partial charge in [-0.15, -0.1) is 11.8 Å². The van der Waals surface area contributed by atoms with Gasteiger partial charge in [0.15, 0.2) is 0 Å². The number of thioether (sulfide) groups is 1. The predicted octanol–water partition coefficient (Wildman–Crippen LogP) is -0.882. The molecule has 0 aromatic carbocycles. The monoisotopic (exact) mass is 213 g/mol. The van der Waals surface area contributed by atoms with Gasteiger partial charge in [0.2, 0.25) is 5.91 Å². The molecule has 7 heteroatoms. The van der Waals surface area contributed by atoms with Crippen LogP contribution in [0.3, 0.4) is 0 Å². The summed E-state index contributed by atoms with van der Waals surface area (Å²) in [4.78, 5) is 36.1. The first-order valence-corrected chi connectivity index (χ1v) is 4.84. The molecule has 0 radical (unpaired) electrons. The van der Waals surface area contributed by atoms with Gasteiger partial charge < -0.3 is 5.32 Å². The number of nitrogens with zero attached hydrogens (tertiary/aromatic N) is 1. The van der Waals surface area contributed by atoms with E-state index in [1.54, 1.807) is 0 Å². The van der Waals surface area contributed by atoms with Crippen molar-refractivity contribution in [1.82, 2.24) is 9.55 Å². The lowest BCUT2D eigenvalue weighted by atomic mass is 10.5. The minimum atomic E-state index is -0.531. The molecule has 2 heterocycles. The normalized spacial score (nSPS) is 14.8. The predicted molar refractivity (Wildman–Crippen MR) is 51.7 cm³/mol. The number of rotatable bonds is 0. The molecule has 2 N–H and O–H groups in total. The van der Waals surface area contributed by atoms with Crippen LogP contribution < -0.4 is 16.6 Å². The van der Waals surface area contributed by atoms with Crippen molar-refractivity contribution >= 4 is 23.5 Å². The van der Waals surface area contributed by atoms with Gasteiger partial charge in [-0.2, -0.15) is 0 Å². The topological polar surface area (TPSA) is 84.0 Å². The lowest BCUT2D eigenvalue weighted by molar-refractivity contribution is -0.113. The van der Waals surface area contributed by atoms with Gasteiger partial charge in [-0.25, -0.2) is 4.79 Å². The molecular formula is C7H7N3O3S. The number of anilines is 1. The quantitative estimate of drug-likeness (QED) is 0.586. The largest absolute Gasteiger partial charge is 0.329 e. The fourth-order valence-corrected chi connectivity index (χ4v) is 2.03. The molecule has 0 saturated heterocycles. The van der Waals surface area contributed by atoms with Crippen LogP contribution in [0.25, 0.3) is 0 Å². The van der Waals surface area contributed by atoms with Crippen molar-refractivity contribution in [2.45, 2.75) is 4.90 Å². The molecule has 1 aliphatic rings. The summed E-state index contributed by atoms with van der Waals surface area (Å²) in [7, 11) is 1.49. The Morgan fingerprint density at radius 3 is 2.79 bits per heavy atom. The smallest absolute Gasteiger partial charge is 0.310 e. The highest BCUT2D eigenvalue weighted by Gasteiger charge is 2.21. The third kappa shape index (κ3) is 1.25. The van der Waals surface area contributed by atoms with Crippen molar-refractivity contribution < 1.29 is 4.79 Å². The zero-order valence-corrected chi connectivity index (χ0v) is 8.10. The van der Waals surface area contributed by atoms with Crippen LogP contribution in [0, 0.1) is 0 Å². The third-order valence-electron chi connectivity index (χ3n) is 1.89. The average Bonchev–Trinajstić information content (AvgIpc) is 2.14. The Balaban J connectivity index is 2.76. The second-order valence-electron chi connectivity index (χ2n) is 2.83. The lowest BCUT2D eigenvalue weighted by Gasteiger charge is -2.17. The van der Waals surface area contributed by atoms with Gasteiger partial charge in [-0.05, 0) is 0 Å². The van der Waals surface area contributed by atoms with Crippen molar-refractivity contribution in [3.8, 4) is 0 Å². The third-order valence-corrected chi connectivity index (χ3v) is 2.96. The fourth-order valence-electron chi connectivity index (χ4n) is 1.18. The van der Waals surface area contributed by atoms with Gasteiger partial charge in [0.05, 0.1) is 5.75 Å². The zero-order valence-electron chi connectivity index (χ0n) is 7.29. The van der Waals surface area contributed by atoms with Crippen LogP contribution in [0.15, 0.2) is 14.5 Å². The lowest BCUT2D eigenvalue weighted by Crippen LogP contribution is -2.35. The summed E-state index contributed by atoms with van der Waals surface area (Å²) in [5.41, 5.74) is -0.982. The Morgan fingerprint density at radius 2 is 2.07 bits per heavy atom. The molecule has 0 aliphatic carbocycles. The van der Waals surface area contributed by atoms with Crippen molar-refractivity contribution in [2.75, 3.05) is 11.1 Å². The van der Waals surface area contributed by atoms with Gasteiger partial charge in [0.25, 0.3) is 5.56 Å². The van der Waals surface area contributed by atoms with E-state index in [4.69, 9.17) is 0 Å². The summed E-state index contributed by atoms with van der Waals surface area (Å²) in [6.45, 7) is 0. The Kier molecular flexibility index (Phi) is 1.95. The molecular weight excluding hydrogens is 206 g/mol. The number of amides is 1. The van der Waals surface area contributed by atoms with Crippen molar-refractivity contribution in [3.05, 3.63) is 20.8 Å². The maximum absolute atomic E-state index is 11.3. The molecule has 1 aliphatic heterocycles. The fraction of sp³-hybridized carbons (Fsp3) is 0.286. The molecule has 0 atom stereocenters. The molecule has 1 aromatic rings. The molecule has 14 heavy (non-hydrogen) atoms. The number of aromatic amines is 1. The maximum atomic E-state index is 11.3. The van der Waals surface area contributed by atoms with E-state index in [0.717, 1.165) is 11.8 Å². The summed E-state index contributed by atoms with van der Waals surface area (Å²) in [5, 5.41) is 2.49. The number of hydrogen-bond acceptors (Lipinski definition) is 4. The summed E-state index contributed by atoms with van der Waals surface area (Å²) < 4.78 is 1.21. The number of aromatic nitrogens is 2. The number of nitrogens with one attached hydrogen (secondary N) is 2. The molecule has 74 valence electrons. The van der Waals surface area contributed by atoms with Gasteiger partial charge in [0.1, 0.15) is 10.7 Å². The van der Waals surface area contributed by atoms with E-state index in [9.17, 15) is 14.4 Å². The second-order valence-corrected chi connectivity index (χ2v) is 3.82. The van der Waals surface area contributed by atoms with E-state index in [0.29, 0.717) is 4.90 Å². The molecule has 6 nitrogen and oxygen atoms in total. The van der Waals surface area contributed by atoms with Crippen LogP contribution in [-0.2, 0) is 11.8 Å². The standard InChI is InChI=1S/C7H7N3O3S/c1-10-5-4(6(12)9-7(10)13)14-2-3(11)8-5/h2H2,1H3,(H,8,11)(H,9,12,13). The Hall–Kier alpha value is -1.50. The first-order chi connectivity index (χ1) is 6.59. The highest BCUT2D eigenvalue weighted by atomic mass is 32.2. The van der Waals surface area contributed by atoms with Crippen LogP contribution in [0.4, 0.5) is 5.82 Å². The van der Waals surface area contributed by atoms with E-state index in [1.165, 1.54) is 11.6 Å². The molecule has 2 rings (SSSR count). The van der Waals surface area contributed by atoms with E-state index < -0.39 is 11.2 Å². The maximum Gasteiger partial charge on any atom is 0.329 e. The molecule has 1 amide bonds. The average molecular weight is 213 g/mol. The molecule has 0 unspecified atom stereocenters. The molecule has 0 bridgehead atoms. The number of carbonyl (C=O) groups is 1. The van der Waals surface area contributed by atoms with E-state index in [-0.39, 0.29) is 17.5 Å². The summed E-state index contributed by atoms with van der Waals surface area (Å²) in [5.74, 6) is 0.275. The molecule has 0 fully saturated rings. The first-order valence-electron chi connectivity index (χ1n) is 3.85. The Labute approximate surface area is 82.3 Å². The minimum absolute atomic E-state index is 0.203. The van der Waals surface area contributed by atoms with E-state index in [1.807, 2.05) is 0 Å². The summed E-state index contributed by atoms with van der Waals surface area (Å²) in [6, 6.07) is 0. The summed E-state index contributed by atoms with van der Waals surface area (Å²) in [6.07, 6.45) is 0. The number of hydrogen-bond donors (Lipinski definition) is 2. The zero-order chi connectivity index (χ0) is 10.3. The van der Waals surface area contributed by atoms with Crippen LogP contribution in [0.2, 0.25) is 0 Å². The highest BCUT2D eigenvalue weighted by Crippen LogP contribution is 2.25. The van der Waals surface area contributed by atoms with Crippen molar-refractivity contribution in [3.63, 3.8) is 0 Å². The van der Waals surface area contributed by atoms with Crippen molar-refractivity contribution in [1.29, 1.82) is 0 Å². The second kappa shape index (κ2) is 3.02. The SMILES string of the molecule is Cn1c2c(c(=O)[nH]c1=O)SCC(=O)N2. The van der Waals surface area contributed by atoms with Gasteiger partial charge in [-0.1, -0.05) is 0 Å². The number of carbonyl (C=O) groups excluding carboxylic acids is 1.